The molecule has 0 aliphatic carbocycles. The molecule has 4 nitrogen and oxygen atoms in total. The molecule has 5 heteroatoms. The fourth-order valence-corrected chi connectivity index (χ4v) is 0.906. The summed E-state index contributed by atoms with van der Waals surface area (Å²) >= 11 is 5.48. The van der Waals surface area contributed by atoms with Gasteiger partial charge in [-0.2, -0.15) is 0 Å². The molecule has 1 aromatic heterocycles. The maximum Gasteiger partial charge on any atom is 0.242 e. The number of hydrogen-bond acceptors (Lipinski definition) is 3. The van der Waals surface area contributed by atoms with E-state index in [0.717, 1.165) is 19.4 Å². The van der Waals surface area contributed by atoms with Crippen molar-refractivity contribution in [1.29, 1.82) is 0 Å². The first-order valence-electron chi connectivity index (χ1n) is 3.49. The molecule has 0 radical (unpaired) electrons. The van der Waals surface area contributed by atoms with Crippen LogP contribution in [-0.2, 0) is 6.54 Å². The number of unbranched alkanes of at least 4 members (excludes halogenated alkanes) is 1. The molecule has 1 aromatic rings. The lowest BCUT2D eigenvalue weighted by molar-refractivity contribution is 0.280. The van der Waals surface area contributed by atoms with Crippen LogP contribution >= 0.6 is 11.6 Å². The molecule has 0 saturated carbocycles. The lowest BCUT2D eigenvalue weighted by atomic mass is 10.3. The maximum absolute atomic E-state index is 8.48. The van der Waals surface area contributed by atoms with Crippen LogP contribution in [0.15, 0.2) is 6.33 Å². The van der Waals surface area contributed by atoms with Gasteiger partial charge in [0.1, 0.15) is 6.33 Å². The molecular formula is C6H10ClN3O. The summed E-state index contributed by atoms with van der Waals surface area (Å²) in [4.78, 5) is 3.75. The number of aromatic nitrogens is 3. The minimum Gasteiger partial charge on any atom is -0.396 e. The van der Waals surface area contributed by atoms with Gasteiger partial charge in [-0.05, 0) is 24.4 Å². The van der Waals surface area contributed by atoms with Gasteiger partial charge < -0.3 is 5.11 Å². The molecule has 0 atom stereocenters. The second-order valence-electron chi connectivity index (χ2n) is 2.21. The van der Waals surface area contributed by atoms with E-state index in [1.54, 1.807) is 11.0 Å². The van der Waals surface area contributed by atoms with Crippen LogP contribution in [0.1, 0.15) is 12.8 Å². The van der Waals surface area contributed by atoms with Crippen molar-refractivity contribution in [3.05, 3.63) is 11.6 Å². The third-order valence-corrected chi connectivity index (χ3v) is 1.48. The predicted molar refractivity (Wildman–Crippen MR) is 41.4 cm³/mol. The summed E-state index contributed by atoms with van der Waals surface area (Å²) in [5.41, 5.74) is 0. The summed E-state index contributed by atoms with van der Waals surface area (Å²) < 4.78 is 1.66. The fraction of sp³-hybridized carbons (Fsp3) is 0.667. The number of aliphatic hydroxyl groups is 1. The summed E-state index contributed by atoms with van der Waals surface area (Å²) in [6.45, 7) is 0.989. The van der Waals surface area contributed by atoms with E-state index < -0.39 is 0 Å². The molecule has 1 rings (SSSR count). The number of hydrogen-bond donors (Lipinski definition) is 1. The van der Waals surface area contributed by atoms with Gasteiger partial charge >= 0.3 is 0 Å². The highest BCUT2D eigenvalue weighted by Crippen LogP contribution is 1.98. The van der Waals surface area contributed by atoms with Gasteiger partial charge in [-0.1, -0.05) is 0 Å². The Morgan fingerprint density at radius 2 is 2.36 bits per heavy atom. The Morgan fingerprint density at radius 3 is 2.91 bits per heavy atom. The van der Waals surface area contributed by atoms with Crippen molar-refractivity contribution in [3.8, 4) is 0 Å². The van der Waals surface area contributed by atoms with Crippen molar-refractivity contribution < 1.29 is 5.11 Å². The number of halogens is 1. The third kappa shape index (κ3) is 2.86. The maximum atomic E-state index is 8.48. The first kappa shape index (κ1) is 8.49. The van der Waals surface area contributed by atoms with Gasteiger partial charge in [0.2, 0.25) is 5.28 Å². The van der Waals surface area contributed by atoms with Crippen LogP contribution in [0.2, 0.25) is 5.28 Å². The third-order valence-electron chi connectivity index (χ3n) is 1.30. The monoisotopic (exact) mass is 175 g/mol. The summed E-state index contributed by atoms with van der Waals surface area (Å²) in [6.07, 6.45) is 3.27. The Morgan fingerprint density at radius 1 is 1.55 bits per heavy atom. The van der Waals surface area contributed by atoms with E-state index in [9.17, 15) is 0 Å². The lowest BCUT2D eigenvalue weighted by Gasteiger charge is -1.96. The van der Waals surface area contributed by atoms with E-state index in [-0.39, 0.29) is 11.9 Å². The summed E-state index contributed by atoms with van der Waals surface area (Å²) in [5.74, 6) is 0. The Hall–Kier alpha value is -0.610. The molecule has 0 amide bonds. The molecule has 1 heterocycles. The number of rotatable bonds is 4. The second kappa shape index (κ2) is 4.31. The molecule has 0 fully saturated rings. The second-order valence-corrected chi connectivity index (χ2v) is 2.55. The van der Waals surface area contributed by atoms with Crippen LogP contribution in [0.5, 0.6) is 0 Å². The van der Waals surface area contributed by atoms with Crippen LogP contribution in [-0.4, -0.2) is 26.5 Å². The summed E-state index contributed by atoms with van der Waals surface area (Å²) in [7, 11) is 0. The standard InChI is InChI=1S/C6H10ClN3O/c7-6-8-5-10(9-6)3-1-2-4-11/h5,11H,1-4H2. The van der Waals surface area contributed by atoms with Gasteiger partial charge in [0, 0.05) is 13.2 Å². The SMILES string of the molecule is OCCCCn1cnc(Cl)n1. The van der Waals surface area contributed by atoms with Gasteiger partial charge in [0.25, 0.3) is 0 Å². The van der Waals surface area contributed by atoms with Crippen molar-refractivity contribution in [2.75, 3.05) is 6.61 Å². The predicted octanol–water partition coefficient (Wildman–Crippen LogP) is 0.704. The molecule has 0 aromatic carbocycles. The number of aryl methyl sites for hydroxylation is 1. The smallest absolute Gasteiger partial charge is 0.242 e. The first-order valence-corrected chi connectivity index (χ1v) is 3.86. The minimum atomic E-state index is 0.225. The number of aliphatic hydroxyl groups excluding tert-OH is 1. The topological polar surface area (TPSA) is 50.9 Å². The van der Waals surface area contributed by atoms with Gasteiger partial charge in [-0.25, -0.2) is 4.98 Å². The zero-order valence-electron chi connectivity index (χ0n) is 6.07. The molecule has 0 aliphatic rings. The largest absolute Gasteiger partial charge is 0.396 e. The molecule has 0 unspecified atom stereocenters. The highest BCUT2D eigenvalue weighted by molar-refractivity contribution is 6.28. The van der Waals surface area contributed by atoms with Crippen LogP contribution < -0.4 is 0 Å². The van der Waals surface area contributed by atoms with E-state index in [1.165, 1.54) is 0 Å². The molecule has 1 N–H and O–H groups in total. The van der Waals surface area contributed by atoms with Crippen LogP contribution in [0, 0.1) is 0 Å². The van der Waals surface area contributed by atoms with E-state index in [2.05, 4.69) is 10.1 Å². The fourth-order valence-electron chi connectivity index (χ4n) is 0.765. The van der Waals surface area contributed by atoms with Crippen molar-refractivity contribution in [3.63, 3.8) is 0 Å². The Kier molecular flexibility index (Phi) is 3.32. The zero-order valence-corrected chi connectivity index (χ0v) is 6.83. The van der Waals surface area contributed by atoms with Gasteiger partial charge in [-0.15, -0.1) is 5.10 Å². The van der Waals surface area contributed by atoms with E-state index in [4.69, 9.17) is 16.7 Å². The van der Waals surface area contributed by atoms with Crippen LogP contribution in [0.25, 0.3) is 0 Å². The average Bonchev–Trinajstić information content (AvgIpc) is 2.37. The molecule has 0 bridgehead atoms. The lowest BCUT2D eigenvalue weighted by Crippen LogP contribution is -1.99. The summed E-state index contributed by atoms with van der Waals surface area (Å²) in [5, 5.41) is 12.6. The molecule has 0 aliphatic heterocycles. The summed E-state index contributed by atoms with van der Waals surface area (Å²) in [6, 6.07) is 0. The highest BCUT2D eigenvalue weighted by Gasteiger charge is 1.95. The Balaban J connectivity index is 2.27. The average molecular weight is 176 g/mol. The molecular weight excluding hydrogens is 166 g/mol. The van der Waals surface area contributed by atoms with Crippen LogP contribution in [0.4, 0.5) is 0 Å². The van der Waals surface area contributed by atoms with E-state index >= 15 is 0 Å². The highest BCUT2D eigenvalue weighted by atomic mass is 35.5. The van der Waals surface area contributed by atoms with Gasteiger partial charge in [-0.3, -0.25) is 4.68 Å². The van der Waals surface area contributed by atoms with Crippen molar-refractivity contribution in [2.45, 2.75) is 19.4 Å². The zero-order chi connectivity index (χ0) is 8.10. The molecule has 11 heavy (non-hydrogen) atoms. The van der Waals surface area contributed by atoms with Crippen molar-refractivity contribution in [2.24, 2.45) is 0 Å². The van der Waals surface area contributed by atoms with Gasteiger partial charge in [0.15, 0.2) is 0 Å². The molecule has 0 saturated heterocycles. The quantitative estimate of drug-likeness (QED) is 0.686. The first-order chi connectivity index (χ1) is 5.33. The van der Waals surface area contributed by atoms with Crippen LogP contribution in [0.3, 0.4) is 0 Å². The number of nitrogens with zero attached hydrogens (tertiary/aromatic N) is 3. The van der Waals surface area contributed by atoms with E-state index in [1.807, 2.05) is 0 Å². The molecule has 0 spiro atoms. The Bertz CT molecular complexity index is 213. The van der Waals surface area contributed by atoms with Crippen molar-refractivity contribution in [1.82, 2.24) is 14.8 Å². The molecule has 62 valence electrons. The minimum absolute atomic E-state index is 0.225. The van der Waals surface area contributed by atoms with Crippen molar-refractivity contribution >= 4 is 11.6 Å². The van der Waals surface area contributed by atoms with E-state index in [0.29, 0.717) is 0 Å². The van der Waals surface area contributed by atoms with Gasteiger partial charge in [0.05, 0.1) is 0 Å². The normalized spacial score (nSPS) is 10.4. The Labute approximate surface area is 69.8 Å².